The summed E-state index contributed by atoms with van der Waals surface area (Å²) in [5.41, 5.74) is 4.75. The molecule has 0 bridgehead atoms. The average Bonchev–Trinajstić information content (AvgIpc) is 3.45. The lowest BCUT2D eigenvalue weighted by atomic mass is 9.52. The molecule has 226 valence electrons. The summed E-state index contributed by atoms with van der Waals surface area (Å²) in [5.74, 6) is 4.39. The number of fused-ring (bicyclic) bond motifs is 5. The second kappa shape index (κ2) is 11.7. The highest BCUT2D eigenvalue weighted by Crippen LogP contribution is 2.65. The molecule has 0 unspecified atom stereocenters. The van der Waals surface area contributed by atoms with E-state index in [0.29, 0.717) is 23.3 Å². The van der Waals surface area contributed by atoms with Crippen LogP contribution in [0.15, 0.2) is 41.5 Å². The van der Waals surface area contributed by atoms with Crippen LogP contribution in [0.1, 0.15) is 98.8 Å². The van der Waals surface area contributed by atoms with Gasteiger partial charge >= 0.3 is 6.03 Å². The molecule has 10 atom stereocenters. The Morgan fingerprint density at radius 2 is 1.93 bits per heavy atom. The topological polar surface area (TPSA) is 62.4 Å². The highest BCUT2D eigenvalue weighted by Gasteiger charge is 2.58. The van der Waals surface area contributed by atoms with Gasteiger partial charge in [0.1, 0.15) is 0 Å². The highest BCUT2D eigenvalue weighted by atomic mass is 16.5. The van der Waals surface area contributed by atoms with Crippen molar-refractivity contribution in [1.29, 1.82) is 0 Å². The molecule has 3 saturated carbocycles. The van der Waals surface area contributed by atoms with Crippen LogP contribution in [0, 0.1) is 40.9 Å². The molecule has 4 fully saturated rings. The van der Waals surface area contributed by atoms with Gasteiger partial charge in [0.2, 0.25) is 0 Å². The first-order valence-electron chi connectivity index (χ1n) is 16.9. The third-order valence-electron chi connectivity index (χ3n) is 12.9. The molecule has 0 radical (unpaired) electrons. The van der Waals surface area contributed by atoms with Crippen molar-refractivity contribution < 1.29 is 9.53 Å². The number of para-hydroxylation sites is 1. The number of hydrogen-bond donors (Lipinski definition) is 3. The number of hydrogen-bond acceptors (Lipinski definition) is 3. The smallest absolute Gasteiger partial charge is 0.319 e. The molecule has 0 aromatic heterocycles. The Balaban J connectivity index is 1.10. The number of benzene rings is 1. The van der Waals surface area contributed by atoms with Crippen LogP contribution in [0.25, 0.3) is 0 Å². The van der Waals surface area contributed by atoms with Crippen molar-refractivity contribution in [2.24, 2.45) is 40.9 Å². The predicted octanol–water partition coefficient (Wildman–Crippen LogP) is 7.94. The summed E-state index contributed by atoms with van der Waals surface area (Å²) in [5, 5.41) is 10.2. The lowest BCUT2D eigenvalue weighted by molar-refractivity contribution is -0.0463. The van der Waals surface area contributed by atoms with Crippen LogP contribution in [0.4, 0.5) is 10.5 Å². The first-order valence-corrected chi connectivity index (χ1v) is 16.9. The monoisotopic (exact) mass is 561 g/mol. The zero-order valence-corrected chi connectivity index (χ0v) is 26.3. The molecule has 2 amide bonds. The van der Waals surface area contributed by atoms with Gasteiger partial charge in [-0.05, 0) is 118 Å². The molecule has 41 heavy (non-hydrogen) atoms. The minimum atomic E-state index is -0.0583. The fourth-order valence-electron chi connectivity index (χ4n) is 10.0. The van der Waals surface area contributed by atoms with E-state index in [1.807, 2.05) is 35.9 Å². The van der Waals surface area contributed by atoms with E-state index >= 15 is 0 Å². The Morgan fingerprint density at radius 3 is 2.71 bits per heavy atom. The summed E-state index contributed by atoms with van der Waals surface area (Å²) in [6.07, 6.45) is 12.3. The van der Waals surface area contributed by atoms with Crippen LogP contribution in [0.2, 0.25) is 0 Å². The number of amides is 2. The molecule has 1 saturated heterocycles. The van der Waals surface area contributed by atoms with E-state index in [-0.39, 0.29) is 17.7 Å². The van der Waals surface area contributed by atoms with Crippen molar-refractivity contribution in [2.75, 3.05) is 18.5 Å². The lowest BCUT2D eigenvalue weighted by Gasteiger charge is -2.54. The van der Waals surface area contributed by atoms with Crippen molar-refractivity contribution in [3.05, 3.63) is 41.5 Å². The maximum absolute atomic E-state index is 12.7. The van der Waals surface area contributed by atoms with Gasteiger partial charge in [0.25, 0.3) is 0 Å². The van der Waals surface area contributed by atoms with Crippen LogP contribution in [0.5, 0.6) is 0 Å². The van der Waals surface area contributed by atoms with Crippen LogP contribution in [0.3, 0.4) is 0 Å². The zero-order chi connectivity index (χ0) is 28.8. The van der Waals surface area contributed by atoms with Crippen LogP contribution >= 0.6 is 0 Å². The average molecular weight is 562 g/mol. The Hall–Kier alpha value is -1.85. The molecule has 1 spiro atoms. The van der Waals surface area contributed by atoms with Gasteiger partial charge in [-0.1, -0.05) is 63.5 Å². The molecule has 6 rings (SSSR count). The summed E-state index contributed by atoms with van der Waals surface area (Å²) in [4.78, 5) is 12.7. The Kier molecular flexibility index (Phi) is 8.33. The van der Waals surface area contributed by atoms with E-state index in [4.69, 9.17) is 4.74 Å². The van der Waals surface area contributed by atoms with E-state index in [9.17, 15) is 4.79 Å². The van der Waals surface area contributed by atoms with Crippen molar-refractivity contribution >= 4 is 11.7 Å². The van der Waals surface area contributed by atoms with Gasteiger partial charge in [0.15, 0.2) is 0 Å². The normalized spacial score (nSPS) is 40.9. The molecule has 5 nitrogen and oxygen atoms in total. The molecule has 1 aromatic rings. The Labute approximate surface area is 249 Å². The molecular weight excluding hydrogens is 506 g/mol. The van der Waals surface area contributed by atoms with Crippen molar-refractivity contribution in [1.82, 2.24) is 10.6 Å². The number of carbonyl (C=O) groups is 1. The summed E-state index contributed by atoms with van der Waals surface area (Å²) in [6.45, 7) is 14.1. The number of anilines is 1. The number of urea groups is 1. The van der Waals surface area contributed by atoms with E-state index in [0.717, 1.165) is 61.8 Å². The molecule has 3 N–H and O–H groups in total. The first-order chi connectivity index (χ1) is 19.7. The van der Waals surface area contributed by atoms with Crippen LogP contribution in [-0.2, 0) is 4.74 Å². The largest absolute Gasteiger partial charge is 0.373 e. The van der Waals surface area contributed by atoms with E-state index in [1.54, 1.807) is 5.57 Å². The standard InChI is InChI=1S/C36H55N3O2/c1-6-23(2)21-37-33-22-41-36(25(33)4)17-15-29-30-13-12-26-18-28(39-34(40)38-27-10-8-7-9-11-27)14-16-35(26,5)32(30)19-31(29)24(3)20-36/h7-11,23,25-26,28-30,32-33,37H,6,12-22H2,1-5H3,(H2,38,39,40)/t23-,25+,26+,28+,29-,30-,32-,33+,35-,36-/m0/s1. The van der Waals surface area contributed by atoms with Gasteiger partial charge in [-0.15, -0.1) is 0 Å². The maximum Gasteiger partial charge on any atom is 0.319 e. The highest BCUT2D eigenvalue weighted by molar-refractivity contribution is 5.89. The Morgan fingerprint density at radius 1 is 1.12 bits per heavy atom. The van der Waals surface area contributed by atoms with Crippen LogP contribution < -0.4 is 16.0 Å². The summed E-state index contributed by atoms with van der Waals surface area (Å²) in [7, 11) is 0. The molecule has 5 aliphatic rings. The summed E-state index contributed by atoms with van der Waals surface area (Å²) >= 11 is 0. The molecule has 1 aromatic carbocycles. The molecule has 1 aliphatic heterocycles. The van der Waals surface area contributed by atoms with Gasteiger partial charge in [0, 0.05) is 23.7 Å². The van der Waals surface area contributed by atoms with Crippen molar-refractivity contribution in [2.45, 2.75) is 117 Å². The minimum Gasteiger partial charge on any atom is -0.373 e. The minimum absolute atomic E-state index is 0.0230. The van der Waals surface area contributed by atoms with E-state index < -0.39 is 0 Å². The van der Waals surface area contributed by atoms with Crippen molar-refractivity contribution in [3.63, 3.8) is 0 Å². The SMILES string of the molecule is CC[C@H](C)CN[C@@H]1CO[C@]2(CC[C@@H]3C(=C(C)C2)C[C@H]2[C@H]3CC[C@@H]3C[C@H](NC(=O)Nc4ccccc4)CC[C@@]32C)[C@@H]1C. The fourth-order valence-corrected chi connectivity index (χ4v) is 10.0. The first kappa shape index (κ1) is 29.2. The molecule has 1 heterocycles. The second-order valence-electron chi connectivity index (χ2n) is 15.0. The number of allylic oxidation sites excluding steroid dienone is 1. The van der Waals surface area contributed by atoms with Gasteiger partial charge in [-0.3, -0.25) is 0 Å². The fraction of sp³-hybridized carbons (Fsp3) is 0.750. The Bertz CT molecular complexity index is 1120. The lowest BCUT2D eigenvalue weighted by Crippen LogP contribution is -2.51. The molecular formula is C36H55N3O2. The van der Waals surface area contributed by atoms with Gasteiger partial charge in [-0.25, -0.2) is 4.79 Å². The van der Waals surface area contributed by atoms with Crippen LogP contribution in [-0.4, -0.2) is 36.9 Å². The van der Waals surface area contributed by atoms with Gasteiger partial charge < -0.3 is 20.7 Å². The predicted molar refractivity (Wildman–Crippen MR) is 168 cm³/mol. The maximum atomic E-state index is 12.7. The van der Waals surface area contributed by atoms with Crippen molar-refractivity contribution in [3.8, 4) is 0 Å². The second-order valence-corrected chi connectivity index (χ2v) is 15.0. The number of nitrogens with one attached hydrogen (secondary N) is 3. The number of carbonyl (C=O) groups excluding carboxylic acids is 1. The quantitative estimate of drug-likeness (QED) is 0.309. The summed E-state index contributed by atoms with van der Waals surface area (Å²) in [6, 6.07) is 10.5. The third kappa shape index (κ3) is 5.51. The molecule has 4 aliphatic carbocycles. The van der Waals surface area contributed by atoms with Gasteiger partial charge in [0.05, 0.1) is 12.2 Å². The summed E-state index contributed by atoms with van der Waals surface area (Å²) < 4.78 is 6.77. The zero-order valence-electron chi connectivity index (χ0n) is 26.3. The third-order valence-corrected chi connectivity index (χ3v) is 12.9. The van der Waals surface area contributed by atoms with Gasteiger partial charge in [-0.2, -0.15) is 0 Å². The number of rotatable bonds is 6. The molecule has 5 heteroatoms. The number of ether oxygens (including phenoxy) is 1. The van der Waals surface area contributed by atoms with E-state index in [2.05, 4.69) is 50.6 Å². The van der Waals surface area contributed by atoms with E-state index in [1.165, 1.54) is 44.9 Å².